The van der Waals surface area contributed by atoms with Crippen molar-refractivity contribution in [3.63, 3.8) is 0 Å². The Morgan fingerprint density at radius 3 is 1.94 bits per heavy atom. The standard InChI is InChI=1S/C26H16ClNO5/c27-17-12-6-7-13-18(17)28-24(31)19-20(25(28)32)26(33-21(19)14-8-2-1-3-9-14)22(29)15-10-4-5-11-16(15)23(26)30/h1-13,19-21H/t19-,20+,21+/m1/s1. The smallest absolute Gasteiger partial charge is 0.241 e. The van der Waals surface area contributed by atoms with Gasteiger partial charge in [-0.05, 0) is 17.7 Å². The number of fused-ring (bicyclic) bond motifs is 3. The lowest BCUT2D eigenvalue weighted by atomic mass is 9.77. The van der Waals surface area contributed by atoms with Crippen molar-refractivity contribution in [2.75, 3.05) is 4.90 Å². The third kappa shape index (κ3) is 2.47. The number of anilines is 1. The van der Waals surface area contributed by atoms with Crippen molar-refractivity contribution in [2.24, 2.45) is 11.8 Å². The van der Waals surface area contributed by atoms with Gasteiger partial charge in [-0.3, -0.25) is 19.2 Å². The number of imide groups is 1. The second-order valence-electron chi connectivity index (χ2n) is 8.36. The highest BCUT2D eigenvalue weighted by molar-refractivity contribution is 6.39. The summed E-state index contributed by atoms with van der Waals surface area (Å²) < 4.78 is 6.22. The SMILES string of the molecule is O=C1[C@@H]2[C@@H](C(=O)N1c1ccccc1Cl)C1(O[C@H]2c2ccccc2)C(=O)c2ccccc2C1=O. The van der Waals surface area contributed by atoms with Gasteiger partial charge in [0.2, 0.25) is 29.0 Å². The average molecular weight is 458 g/mol. The highest BCUT2D eigenvalue weighted by atomic mass is 35.5. The van der Waals surface area contributed by atoms with E-state index in [1.165, 1.54) is 0 Å². The number of para-hydroxylation sites is 1. The number of ether oxygens (including phenoxy) is 1. The van der Waals surface area contributed by atoms with Crippen molar-refractivity contribution < 1.29 is 23.9 Å². The summed E-state index contributed by atoms with van der Waals surface area (Å²) >= 11 is 6.32. The fourth-order valence-corrected chi connectivity index (χ4v) is 5.55. The number of rotatable bonds is 2. The van der Waals surface area contributed by atoms with E-state index >= 15 is 0 Å². The number of ketones is 2. The van der Waals surface area contributed by atoms with Crippen LogP contribution in [0.4, 0.5) is 5.69 Å². The number of carbonyl (C=O) groups is 4. The van der Waals surface area contributed by atoms with Crippen LogP contribution in [0, 0.1) is 11.8 Å². The fourth-order valence-electron chi connectivity index (χ4n) is 5.33. The maximum absolute atomic E-state index is 13.8. The summed E-state index contributed by atoms with van der Waals surface area (Å²) in [5, 5.41) is 0.220. The van der Waals surface area contributed by atoms with Gasteiger partial charge in [0.15, 0.2) is 0 Å². The first kappa shape index (κ1) is 20.0. The van der Waals surface area contributed by atoms with Gasteiger partial charge < -0.3 is 4.74 Å². The maximum Gasteiger partial charge on any atom is 0.241 e. The summed E-state index contributed by atoms with van der Waals surface area (Å²) in [6.07, 6.45) is -0.942. The zero-order valence-corrected chi connectivity index (χ0v) is 17.9. The third-order valence-corrected chi connectivity index (χ3v) is 7.06. The van der Waals surface area contributed by atoms with E-state index in [0.717, 1.165) is 4.90 Å². The normalized spacial score (nSPS) is 25.1. The first-order chi connectivity index (χ1) is 16.0. The molecule has 0 radical (unpaired) electrons. The van der Waals surface area contributed by atoms with Crippen LogP contribution in [0.25, 0.3) is 0 Å². The molecule has 33 heavy (non-hydrogen) atoms. The molecule has 2 aliphatic heterocycles. The Balaban J connectivity index is 1.57. The van der Waals surface area contributed by atoms with Gasteiger partial charge in [-0.2, -0.15) is 0 Å². The number of hydrogen-bond donors (Lipinski definition) is 0. The predicted octanol–water partition coefficient (Wildman–Crippen LogP) is 4.04. The van der Waals surface area contributed by atoms with E-state index in [1.54, 1.807) is 72.8 Å². The van der Waals surface area contributed by atoms with E-state index in [2.05, 4.69) is 0 Å². The lowest BCUT2D eigenvalue weighted by molar-refractivity contribution is -0.127. The van der Waals surface area contributed by atoms with Gasteiger partial charge in [0, 0.05) is 11.1 Å². The Labute approximate surface area is 193 Å². The molecule has 3 atom stereocenters. The largest absolute Gasteiger partial charge is 0.349 e. The van der Waals surface area contributed by atoms with Crippen LogP contribution in [-0.4, -0.2) is 29.0 Å². The van der Waals surface area contributed by atoms with Crippen LogP contribution >= 0.6 is 11.6 Å². The zero-order chi connectivity index (χ0) is 22.9. The molecule has 162 valence electrons. The Kier molecular flexibility index (Phi) is 4.21. The van der Waals surface area contributed by atoms with E-state index < -0.39 is 46.9 Å². The van der Waals surface area contributed by atoms with Crippen LogP contribution in [0.5, 0.6) is 0 Å². The number of nitrogens with zero attached hydrogens (tertiary/aromatic N) is 1. The molecule has 2 amide bonds. The fraction of sp³-hybridized carbons (Fsp3) is 0.154. The molecule has 6 nitrogen and oxygen atoms in total. The van der Waals surface area contributed by atoms with Gasteiger partial charge in [-0.1, -0.05) is 78.3 Å². The van der Waals surface area contributed by atoms with Crippen molar-refractivity contribution in [2.45, 2.75) is 11.7 Å². The van der Waals surface area contributed by atoms with Gasteiger partial charge >= 0.3 is 0 Å². The monoisotopic (exact) mass is 457 g/mol. The second-order valence-corrected chi connectivity index (χ2v) is 8.76. The predicted molar refractivity (Wildman–Crippen MR) is 119 cm³/mol. The number of halogens is 1. The molecule has 6 rings (SSSR count). The molecule has 2 heterocycles. The third-order valence-electron chi connectivity index (χ3n) is 6.74. The Hall–Kier alpha value is -3.61. The zero-order valence-electron chi connectivity index (χ0n) is 17.1. The summed E-state index contributed by atoms with van der Waals surface area (Å²) in [4.78, 5) is 55.8. The molecular weight excluding hydrogens is 442 g/mol. The quantitative estimate of drug-likeness (QED) is 0.428. The maximum atomic E-state index is 13.8. The first-order valence-electron chi connectivity index (χ1n) is 10.5. The molecular formula is C26H16ClNO5. The van der Waals surface area contributed by atoms with Crippen molar-refractivity contribution in [3.05, 3.63) is 101 Å². The molecule has 0 N–H and O–H groups in total. The van der Waals surface area contributed by atoms with E-state index in [1.807, 2.05) is 6.07 Å². The molecule has 0 unspecified atom stereocenters. The lowest BCUT2D eigenvalue weighted by Crippen LogP contribution is -2.51. The molecule has 0 saturated carbocycles. The second kappa shape index (κ2) is 6.94. The van der Waals surface area contributed by atoms with E-state index in [9.17, 15) is 19.2 Å². The van der Waals surface area contributed by atoms with Gasteiger partial charge in [-0.15, -0.1) is 0 Å². The van der Waals surface area contributed by atoms with Crippen LogP contribution < -0.4 is 4.90 Å². The van der Waals surface area contributed by atoms with Crippen molar-refractivity contribution >= 4 is 40.7 Å². The topological polar surface area (TPSA) is 80.8 Å². The van der Waals surface area contributed by atoms with Crippen LogP contribution in [0.1, 0.15) is 32.4 Å². The highest BCUT2D eigenvalue weighted by Gasteiger charge is 2.74. The number of Topliss-reactive ketones (excluding diaryl/α,β-unsaturated/α-hetero) is 2. The molecule has 3 aromatic carbocycles. The van der Waals surface area contributed by atoms with Gasteiger partial charge in [0.1, 0.15) is 0 Å². The Morgan fingerprint density at radius 1 is 0.727 bits per heavy atom. The minimum absolute atomic E-state index is 0.200. The van der Waals surface area contributed by atoms with Crippen LogP contribution in [0.2, 0.25) is 5.02 Å². The Morgan fingerprint density at radius 2 is 1.30 bits per heavy atom. The van der Waals surface area contributed by atoms with E-state index in [4.69, 9.17) is 16.3 Å². The number of amides is 2. The molecule has 1 spiro atoms. The summed E-state index contributed by atoms with van der Waals surface area (Å²) in [6.45, 7) is 0. The summed E-state index contributed by atoms with van der Waals surface area (Å²) in [5.74, 6) is -4.71. The molecule has 3 aliphatic rings. The first-order valence-corrected chi connectivity index (χ1v) is 10.9. The minimum Gasteiger partial charge on any atom is -0.349 e. The molecule has 7 heteroatoms. The van der Waals surface area contributed by atoms with Crippen molar-refractivity contribution in [1.29, 1.82) is 0 Å². The van der Waals surface area contributed by atoms with Gasteiger partial charge in [0.05, 0.1) is 28.6 Å². The van der Waals surface area contributed by atoms with E-state index in [0.29, 0.717) is 5.56 Å². The van der Waals surface area contributed by atoms with Crippen LogP contribution in [-0.2, 0) is 14.3 Å². The van der Waals surface area contributed by atoms with Crippen LogP contribution in [0.15, 0.2) is 78.9 Å². The summed E-state index contributed by atoms with van der Waals surface area (Å²) in [6, 6.07) is 21.8. The highest BCUT2D eigenvalue weighted by Crippen LogP contribution is 2.58. The van der Waals surface area contributed by atoms with Crippen LogP contribution in [0.3, 0.4) is 0 Å². The van der Waals surface area contributed by atoms with Crippen molar-refractivity contribution in [1.82, 2.24) is 0 Å². The number of hydrogen-bond acceptors (Lipinski definition) is 5. The van der Waals surface area contributed by atoms with E-state index in [-0.39, 0.29) is 21.8 Å². The molecule has 1 aliphatic carbocycles. The molecule has 0 aromatic heterocycles. The van der Waals surface area contributed by atoms with Crippen molar-refractivity contribution in [3.8, 4) is 0 Å². The van der Waals surface area contributed by atoms with Gasteiger partial charge in [-0.25, -0.2) is 4.90 Å². The average Bonchev–Trinajstić information content (AvgIpc) is 3.40. The molecule has 0 bridgehead atoms. The number of carbonyl (C=O) groups excluding carboxylic acids is 4. The molecule has 2 fully saturated rings. The molecule has 3 aromatic rings. The number of benzene rings is 3. The lowest BCUT2D eigenvalue weighted by Gasteiger charge is -2.27. The van der Waals surface area contributed by atoms with Gasteiger partial charge in [0.25, 0.3) is 0 Å². The Bertz CT molecular complexity index is 1330. The minimum atomic E-state index is -2.09. The summed E-state index contributed by atoms with van der Waals surface area (Å²) in [7, 11) is 0. The summed E-state index contributed by atoms with van der Waals surface area (Å²) in [5.41, 5.74) is -0.848. The molecule has 2 saturated heterocycles.